The van der Waals surface area contributed by atoms with Crippen molar-refractivity contribution in [3.63, 3.8) is 0 Å². The Bertz CT molecular complexity index is 1440. The second kappa shape index (κ2) is 8.75. The van der Waals surface area contributed by atoms with Crippen molar-refractivity contribution in [1.29, 1.82) is 5.26 Å². The summed E-state index contributed by atoms with van der Waals surface area (Å²) in [5.74, 6) is -0.209. The molecule has 0 unspecified atom stereocenters. The number of sulfone groups is 1. The summed E-state index contributed by atoms with van der Waals surface area (Å²) in [6.45, 7) is 5.15. The molecular weight excluding hydrogens is 455 g/mol. The van der Waals surface area contributed by atoms with Crippen LogP contribution in [0.3, 0.4) is 0 Å². The summed E-state index contributed by atoms with van der Waals surface area (Å²) >= 11 is 0. The van der Waals surface area contributed by atoms with E-state index in [0.29, 0.717) is 11.4 Å². The largest absolute Gasteiger partial charge is 0.418 e. The van der Waals surface area contributed by atoms with Crippen molar-refractivity contribution >= 4 is 15.9 Å². The molecule has 0 atom stereocenters. The summed E-state index contributed by atoms with van der Waals surface area (Å²) in [7, 11) is -4.35. The monoisotopic (exact) mass is 475 g/mol. The lowest BCUT2D eigenvalue weighted by Crippen LogP contribution is -2.13. The van der Waals surface area contributed by atoms with Crippen LogP contribution in [0.5, 0.6) is 0 Å². The van der Waals surface area contributed by atoms with Crippen LogP contribution in [0.15, 0.2) is 63.3 Å². The average molecular weight is 475 g/mol. The Morgan fingerprint density at radius 2 is 1.82 bits per heavy atom. The van der Waals surface area contributed by atoms with Gasteiger partial charge in [0, 0.05) is 17.5 Å². The first-order valence-corrected chi connectivity index (χ1v) is 11.3. The number of para-hydroxylation sites is 1. The van der Waals surface area contributed by atoms with Gasteiger partial charge in [0.2, 0.25) is 15.4 Å². The lowest BCUT2D eigenvalue weighted by Gasteiger charge is -2.19. The molecule has 3 rings (SSSR count). The van der Waals surface area contributed by atoms with Gasteiger partial charge in [-0.25, -0.2) is 8.42 Å². The minimum absolute atomic E-state index is 0.0976. The normalized spacial score (nSPS) is 12.7. The van der Waals surface area contributed by atoms with Gasteiger partial charge in [0.05, 0.1) is 11.3 Å². The zero-order chi connectivity index (χ0) is 24.6. The molecule has 0 fully saturated rings. The standard InChI is InChI=1S/C23H20F3N3O3S/c1-14(2)20-12-16(11-17(13-27)33(31,32)22-10-6-9-21(30)28-22)15(3)29(20)19-8-5-4-7-18(19)23(24,25)26/h4-12,14H,1-3H3,(H,28,30)/b17-11+. The summed E-state index contributed by atoms with van der Waals surface area (Å²) < 4.78 is 68.2. The number of aromatic amines is 1. The highest BCUT2D eigenvalue weighted by Gasteiger charge is 2.34. The Balaban J connectivity index is 2.26. The first kappa shape index (κ1) is 24.1. The van der Waals surface area contributed by atoms with Crippen LogP contribution >= 0.6 is 0 Å². The Morgan fingerprint density at radius 1 is 1.15 bits per heavy atom. The summed E-state index contributed by atoms with van der Waals surface area (Å²) in [5, 5.41) is 9.10. The van der Waals surface area contributed by atoms with Gasteiger partial charge in [0.1, 0.15) is 11.1 Å². The van der Waals surface area contributed by atoms with Crippen LogP contribution in [0.1, 0.15) is 42.3 Å². The van der Waals surface area contributed by atoms with Crippen LogP contribution in [-0.4, -0.2) is 18.0 Å². The molecule has 0 aliphatic heterocycles. The van der Waals surface area contributed by atoms with Crippen LogP contribution in [0.4, 0.5) is 13.2 Å². The van der Waals surface area contributed by atoms with Crippen LogP contribution in [0.2, 0.25) is 0 Å². The SMILES string of the molecule is Cc1c(/C=C(\C#N)S(=O)(=O)c2cccc(=O)[nH]2)cc(C(C)C)n1-c1ccccc1C(F)(F)F. The number of aromatic nitrogens is 2. The number of nitriles is 1. The van der Waals surface area contributed by atoms with E-state index in [2.05, 4.69) is 4.98 Å². The molecule has 0 saturated carbocycles. The molecule has 3 aromatic rings. The highest BCUT2D eigenvalue weighted by atomic mass is 32.2. The Hall–Kier alpha value is -3.58. The Kier molecular flexibility index (Phi) is 6.38. The van der Waals surface area contributed by atoms with Crippen LogP contribution in [-0.2, 0) is 16.0 Å². The van der Waals surface area contributed by atoms with Crippen molar-refractivity contribution in [3.8, 4) is 11.8 Å². The fraction of sp³-hybridized carbons (Fsp3) is 0.217. The number of hydrogen-bond acceptors (Lipinski definition) is 4. The molecule has 0 aliphatic rings. The number of nitrogens with zero attached hydrogens (tertiary/aromatic N) is 2. The number of nitrogens with one attached hydrogen (secondary N) is 1. The Labute approximate surface area is 188 Å². The molecule has 0 amide bonds. The van der Waals surface area contributed by atoms with Crippen molar-refractivity contribution in [2.24, 2.45) is 0 Å². The number of hydrogen-bond donors (Lipinski definition) is 1. The van der Waals surface area contributed by atoms with E-state index >= 15 is 0 Å². The molecule has 33 heavy (non-hydrogen) atoms. The predicted molar refractivity (Wildman–Crippen MR) is 117 cm³/mol. The number of H-pyrrole nitrogens is 1. The number of pyridine rings is 1. The molecule has 6 nitrogen and oxygen atoms in total. The molecule has 0 radical (unpaired) electrons. The first-order chi connectivity index (χ1) is 15.4. The first-order valence-electron chi connectivity index (χ1n) is 9.83. The number of halogens is 3. The fourth-order valence-electron chi connectivity index (χ4n) is 3.46. The topological polar surface area (TPSA) is 95.7 Å². The van der Waals surface area contributed by atoms with Gasteiger partial charge in [-0.05, 0) is 48.7 Å². The number of alkyl halides is 3. The number of rotatable bonds is 5. The minimum Gasteiger partial charge on any atom is -0.317 e. The van der Waals surface area contributed by atoms with Gasteiger partial charge < -0.3 is 9.55 Å². The molecule has 0 saturated heterocycles. The average Bonchev–Trinajstić information content (AvgIpc) is 3.07. The zero-order valence-corrected chi connectivity index (χ0v) is 18.8. The third kappa shape index (κ3) is 4.64. The van der Waals surface area contributed by atoms with Crippen molar-refractivity contribution in [1.82, 2.24) is 9.55 Å². The van der Waals surface area contributed by atoms with Gasteiger partial charge in [-0.1, -0.05) is 32.0 Å². The van der Waals surface area contributed by atoms with Gasteiger partial charge in [-0.3, -0.25) is 4.79 Å². The summed E-state index contributed by atoms with van der Waals surface area (Å²) in [6, 6.07) is 11.8. The predicted octanol–water partition coefficient (Wildman–Crippen LogP) is 4.95. The van der Waals surface area contributed by atoms with Gasteiger partial charge >= 0.3 is 6.18 Å². The number of benzene rings is 1. The van der Waals surface area contributed by atoms with E-state index in [-0.39, 0.29) is 17.2 Å². The third-order valence-electron chi connectivity index (χ3n) is 5.07. The summed E-state index contributed by atoms with van der Waals surface area (Å²) in [5.41, 5.74) is -0.468. The molecular formula is C23H20F3N3O3S. The lowest BCUT2D eigenvalue weighted by atomic mass is 10.1. The van der Waals surface area contributed by atoms with E-state index in [4.69, 9.17) is 0 Å². The minimum atomic E-state index is -4.60. The maximum absolute atomic E-state index is 13.7. The van der Waals surface area contributed by atoms with Crippen LogP contribution < -0.4 is 5.56 Å². The highest BCUT2D eigenvalue weighted by molar-refractivity contribution is 7.95. The molecule has 1 N–H and O–H groups in total. The molecule has 2 heterocycles. The van der Waals surface area contributed by atoms with E-state index in [0.717, 1.165) is 24.3 Å². The maximum Gasteiger partial charge on any atom is 0.418 e. The molecule has 1 aromatic carbocycles. The van der Waals surface area contributed by atoms with E-state index in [9.17, 15) is 31.6 Å². The summed E-state index contributed by atoms with van der Waals surface area (Å²) in [4.78, 5) is 13.1. The van der Waals surface area contributed by atoms with Crippen molar-refractivity contribution in [3.05, 3.63) is 86.3 Å². The van der Waals surface area contributed by atoms with Gasteiger partial charge in [0.15, 0.2) is 4.91 Å². The maximum atomic E-state index is 13.7. The van der Waals surface area contributed by atoms with E-state index in [1.54, 1.807) is 32.9 Å². The van der Waals surface area contributed by atoms with Crippen LogP contribution in [0.25, 0.3) is 11.8 Å². The third-order valence-corrected chi connectivity index (χ3v) is 6.68. The fourth-order valence-corrected chi connectivity index (χ4v) is 4.60. The molecule has 0 bridgehead atoms. The number of allylic oxidation sites excluding steroid dienone is 1. The van der Waals surface area contributed by atoms with E-state index in [1.165, 1.54) is 28.8 Å². The van der Waals surface area contributed by atoms with Crippen LogP contribution in [0, 0.1) is 18.3 Å². The molecule has 0 aliphatic carbocycles. The summed E-state index contributed by atoms with van der Waals surface area (Å²) in [6.07, 6.45) is -3.49. The van der Waals surface area contributed by atoms with Crippen molar-refractivity contribution in [2.45, 2.75) is 37.9 Å². The van der Waals surface area contributed by atoms with E-state index < -0.39 is 37.1 Å². The Morgan fingerprint density at radius 3 is 2.39 bits per heavy atom. The van der Waals surface area contributed by atoms with Gasteiger partial charge in [0.25, 0.3) is 0 Å². The van der Waals surface area contributed by atoms with Crippen molar-refractivity contribution in [2.75, 3.05) is 0 Å². The second-order valence-electron chi connectivity index (χ2n) is 7.62. The molecule has 172 valence electrons. The van der Waals surface area contributed by atoms with Gasteiger partial charge in [-0.2, -0.15) is 18.4 Å². The van der Waals surface area contributed by atoms with E-state index in [1.807, 2.05) is 0 Å². The molecule has 0 spiro atoms. The lowest BCUT2D eigenvalue weighted by molar-refractivity contribution is -0.137. The molecule has 2 aromatic heterocycles. The van der Waals surface area contributed by atoms with Crippen molar-refractivity contribution < 1.29 is 21.6 Å². The second-order valence-corrected chi connectivity index (χ2v) is 9.50. The zero-order valence-electron chi connectivity index (χ0n) is 17.9. The van der Waals surface area contributed by atoms with Gasteiger partial charge in [-0.15, -0.1) is 0 Å². The smallest absolute Gasteiger partial charge is 0.317 e. The highest BCUT2D eigenvalue weighted by Crippen LogP contribution is 2.37. The molecule has 10 heteroatoms. The quantitative estimate of drug-likeness (QED) is 0.528.